The van der Waals surface area contributed by atoms with Crippen molar-refractivity contribution in [3.05, 3.63) is 428 Å². The third-order valence-corrected chi connectivity index (χ3v) is 26.9. The molecule has 31 heteroatoms. The molecule has 16 aromatic carbocycles. The second kappa shape index (κ2) is 51.3. The summed E-state index contributed by atoms with van der Waals surface area (Å²) in [6.07, 6.45) is 6.36. The number of nitrogens with two attached hydrogens (primary N) is 1. The first-order valence-corrected chi connectivity index (χ1v) is 51.8. The average molecular weight is 2090 g/mol. The molecule has 18 nitrogen and oxygen atoms in total. The zero-order valence-electron chi connectivity index (χ0n) is 77.1. The van der Waals surface area contributed by atoms with Gasteiger partial charge >= 0.3 is 22.1 Å². The Hall–Kier alpha value is -14.1. The molecule has 0 radical (unpaired) electrons. The molecule has 18 aromatic rings. The molecule has 18 rings (SSSR count). The molecule has 2 unspecified atom stereocenters. The number of carbonyl (C=O) groups is 2. The van der Waals surface area contributed by atoms with Gasteiger partial charge in [-0.15, -0.1) is 35.3 Å². The number of halogens is 7. The molecule has 2 heterocycles. The van der Waals surface area contributed by atoms with E-state index in [2.05, 4.69) is 135 Å². The zero-order chi connectivity index (χ0) is 101. The molecule has 0 fully saturated rings. The monoisotopic (exact) mass is 2090 g/mol. The van der Waals surface area contributed by atoms with Crippen molar-refractivity contribution in [1.82, 2.24) is 9.13 Å². The fourth-order valence-electron chi connectivity index (χ4n) is 14.7. The molecule has 0 bridgehead atoms. The number of fused-ring (bicyclic) bond motifs is 6. The number of thioether (sulfide) groups is 3. The van der Waals surface area contributed by atoms with Crippen LogP contribution in [0.1, 0.15) is 41.7 Å². The number of rotatable bonds is 27. The van der Waals surface area contributed by atoms with Gasteiger partial charge in [0.15, 0.2) is 0 Å². The number of benzene rings is 16. The first-order valence-electron chi connectivity index (χ1n) is 43.8. The minimum Gasteiger partial charge on any atom is -0.496 e. The Labute approximate surface area is 840 Å². The molecule has 0 spiro atoms. The summed E-state index contributed by atoms with van der Waals surface area (Å²) >= 11 is 8.73. The van der Waals surface area contributed by atoms with Gasteiger partial charge in [-0.3, -0.25) is 18.7 Å². The molecular formula is C111H93BrF6N4O14P2S4. The minimum absolute atomic E-state index is 0.0780. The van der Waals surface area contributed by atoms with Crippen molar-refractivity contribution in [2.75, 3.05) is 52.7 Å². The summed E-state index contributed by atoms with van der Waals surface area (Å²) < 4.78 is 145. The van der Waals surface area contributed by atoms with Crippen molar-refractivity contribution >= 4 is 184 Å². The number of carbonyl (C=O) groups excluding carboxylic acids is 2. The number of nitrogens with zero attached hydrogens (tertiary/aromatic N) is 2. The van der Waals surface area contributed by atoms with Gasteiger partial charge in [-0.25, -0.2) is 27.0 Å². The largest absolute Gasteiger partial charge is 0.496 e. The topological polar surface area (TPSA) is 235 Å². The fourth-order valence-corrected chi connectivity index (χ4v) is 18.9. The van der Waals surface area contributed by atoms with Gasteiger partial charge in [0.2, 0.25) is 34.8 Å². The number of ether oxygens (including phenoxy) is 6. The van der Waals surface area contributed by atoms with Crippen molar-refractivity contribution in [2.45, 2.75) is 50.7 Å². The number of methoxy groups -OCH3 is 4. The van der Waals surface area contributed by atoms with Crippen molar-refractivity contribution in [1.29, 1.82) is 0 Å². The van der Waals surface area contributed by atoms with Crippen molar-refractivity contribution in [3.8, 4) is 40.1 Å². The third-order valence-electron chi connectivity index (χ3n) is 21.6. The van der Waals surface area contributed by atoms with Gasteiger partial charge < -0.3 is 48.5 Å². The quantitative estimate of drug-likeness (QED) is 0.00499. The van der Waals surface area contributed by atoms with E-state index in [1.165, 1.54) is 68.3 Å². The van der Waals surface area contributed by atoms with Gasteiger partial charge in [-0.05, 0) is 252 Å². The number of nitrogens with one attached hydrogen (secondary N) is 1. The fraction of sp³-hybridized carbons (Fsp3) is 0.0991. The maximum absolute atomic E-state index is 14.0. The number of pyridine rings is 2. The summed E-state index contributed by atoms with van der Waals surface area (Å²) in [5.41, 5.74) is 15.5. The van der Waals surface area contributed by atoms with Crippen molar-refractivity contribution in [2.24, 2.45) is 0 Å². The molecule has 0 aliphatic rings. The van der Waals surface area contributed by atoms with Crippen LogP contribution < -0.4 is 45.3 Å². The van der Waals surface area contributed by atoms with E-state index in [4.69, 9.17) is 39.0 Å². The lowest BCUT2D eigenvalue weighted by molar-refractivity contribution is -0.138. The molecule has 724 valence electrons. The van der Waals surface area contributed by atoms with E-state index >= 15 is 0 Å². The smallest absolute Gasteiger partial charge is 0.339 e. The van der Waals surface area contributed by atoms with E-state index < -0.39 is 72.5 Å². The summed E-state index contributed by atoms with van der Waals surface area (Å²) in [6.45, 7) is 4.29. The minimum atomic E-state index is -5.07. The van der Waals surface area contributed by atoms with Gasteiger partial charge in [0.05, 0.1) is 82.7 Å². The van der Waals surface area contributed by atoms with Crippen LogP contribution in [0.15, 0.2) is 379 Å². The van der Waals surface area contributed by atoms with Crippen molar-refractivity contribution in [3.63, 3.8) is 0 Å². The number of anilines is 3. The third kappa shape index (κ3) is 27.6. The highest BCUT2D eigenvalue weighted by molar-refractivity contribution is 9.10. The average Bonchev–Trinajstić information content (AvgIpc) is 0.759. The Morgan fingerprint density at radius 2 is 0.768 bits per heavy atom. The number of hydrogen-bond donors (Lipinski definition) is 3. The predicted molar refractivity (Wildman–Crippen MR) is 570 cm³/mol. The highest BCUT2D eigenvalue weighted by atomic mass is 79.9. The van der Waals surface area contributed by atoms with E-state index in [0.29, 0.717) is 36.1 Å². The maximum Gasteiger partial charge on any atom is 0.339 e. The number of aromatic nitrogens is 2. The van der Waals surface area contributed by atoms with Gasteiger partial charge in [0, 0.05) is 73.0 Å². The van der Waals surface area contributed by atoms with E-state index in [0.717, 1.165) is 133 Å². The standard InChI is InChI=1S/C29H27NO3S.C27H21NO2S.C26H14F5NO5S.C18H19NO2S.C11H9BrO.FH3OP2/c1-3-33-29(31)16-13-24-17-25(34-20-21-9-5-4-6-10-21)14-15-26(24)30-27-18-22-11-7-8-12-23(22)19-28(27)32-2;1-30-26-17-21-10-6-5-9-20(21)16-25(26)28-24-13-12-23(15-22(24)11-14-27(28)29)31-18-19-7-3-2-4-8-19;1-36-19-12-14-5-3-2-4-13(14)11-18(19)32-17-8-7-16(10-15(17)6-9-20(32)33)38(34,35)37-26-24(30)22(28)21(27)23(29)25(26)31;1-2-21-18(20)11-8-15-12-16(9-10-17(15)19)22-13-14-6-4-3-5-7-14;1-13-11-7-9-5-3-2-4-8(9)6-10(11)12;1-3-4-2/h4-19,30H,3,20H2,1-2H3;2-17H,18H2,1H3;2-12H,1H3;3-12H,2,13,19H2,1H3;2-7H,1H3;2-4H/b16-13+;;;11-8+;;. The molecule has 0 aliphatic carbocycles. The Morgan fingerprint density at radius 3 is 1.20 bits per heavy atom. The van der Waals surface area contributed by atoms with Crippen LogP contribution in [0.4, 0.5) is 43.2 Å². The molecule has 142 heavy (non-hydrogen) atoms. The first kappa shape index (κ1) is 105. The molecule has 4 N–H and O–H groups in total. The van der Waals surface area contributed by atoms with Gasteiger partial charge in [-0.1, -0.05) is 188 Å². The number of esters is 2. The van der Waals surface area contributed by atoms with E-state index in [-0.39, 0.29) is 28.4 Å². The summed E-state index contributed by atoms with van der Waals surface area (Å²) in [5, 5.41) is 13.1. The van der Waals surface area contributed by atoms with Crippen LogP contribution in [-0.4, -0.2) is 76.0 Å². The lowest BCUT2D eigenvalue weighted by Gasteiger charge is -2.16. The summed E-state index contributed by atoms with van der Waals surface area (Å²) in [7, 11) is 0.0571. The van der Waals surface area contributed by atoms with Crippen LogP contribution in [0.5, 0.6) is 28.7 Å². The summed E-state index contributed by atoms with van der Waals surface area (Å²) in [4.78, 5) is 59.5. The summed E-state index contributed by atoms with van der Waals surface area (Å²) in [6, 6.07) is 106. The van der Waals surface area contributed by atoms with E-state index in [1.54, 1.807) is 105 Å². The Bertz CT molecular complexity index is 7830. The van der Waals surface area contributed by atoms with Gasteiger partial charge in [-0.2, -0.15) is 17.2 Å². The molecule has 0 amide bonds. The Kier molecular flexibility index (Phi) is 38.0. The second-order valence-electron chi connectivity index (χ2n) is 30.7. The Balaban J connectivity index is 0.000000152. The molecular weight excluding hydrogens is 2000 g/mol. The lowest BCUT2D eigenvalue weighted by Crippen LogP contribution is -2.19. The van der Waals surface area contributed by atoms with Crippen molar-refractivity contribution < 1.29 is 81.7 Å². The molecule has 0 saturated heterocycles. The number of nitrogen functional groups attached to an aromatic ring is 1. The highest BCUT2D eigenvalue weighted by Crippen LogP contribution is 2.41. The van der Waals surface area contributed by atoms with Crippen LogP contribution >= 0.6 is 68.3 Å². The van der Waals surface area contributed by atoms with E-state index in [1.807, 2.05) is 176 Å². The molecule has 2 aromatic heterocycles. The molecule has 0 aliphatic heterocycles. The highest BCUT2D eigenvalue weighted by Gasteiger charge is 2.32. The van der Waals surface area contributed by atoms with Crippen LogP contribution in [0.2, 0.25) is 0 Å². The van der Waals surface area contributed by atoms with Crippen LogP contribution in [-0.2, 0) is 46.4 Å². The summed E-state index contributed by atoms with van der Waals surface area (Å²) in [5.74, 6) is -9.43. The van der Waals surface area contributed by atoms with Gasteiger partial charge in [0.1, 0.15) is 36.5 Å². The number of hydrogen-bond acceptors (Lipinski definition) is 19. The predicted octanol–water partition coefficient (Wildman–Crippen LogP) is 28.3. The normalized spacial score (nSPS) is 11.2. The van der Waals surface area contributed by atoms with E-state index in [9.17, 15) is 53.7 Å². The Morgan fingerprint density at radius 1 is 0.408 bits per heavy atom. The molecule has 2 atom stereocenters. The van der Waals surface area contributed by atoms with Gasteiger partial charge in [0.25, 0.3) is 11.1 Å². The van der Waals surface area contributed by atoms with Crippen LogP contribution in [0.25, 0.3) is 88.4 Å². The first-order chi connectivity index (χ1) is 68.8. The molecule has 0 saturated carbocycles. The SMILES string of the molecule is CCOC(=O)/C=C/c1cc(SCc2ccccc2)ccc1N.CCOC(=O)/C=C/c1cc(SCc2ccccc2)ccc1Nc1cc2ccccc2cc1OC.COc1cc2ccccc2cc1-n1c(=O)ccc2cc(S(=O)(=O)Oc3c(F)c(F)c(F)c(F)c3F)ccc21.COc1cc2ccccc2cc1-n1c(=O)ccc2cc(SCc3ccccc3)ccc21.COc1cc2ccccc2cc1Br.OPPF. The maximum atomic E-state index is 14.0. The zero-order valence-corrected chi connectivity index (χ0v) is 84.0. The van der Waals surface area contributed by atoms with Crippen LogP contribution in [0, 0.1) is 29.1 Å². The van der Waals surface area contributed by atoms with Crippen LogP contribution in [0.3, 0.4) is 0 Å². The lowest BCUT2D eigenvalue weighted by atomic mass is 10.1. The second-order valence-corrected chi connectivity index (χ2v) is 37.9.